The summed E-state index contributed by atoms with van der Waals surface area (Å²) in [5.74, 6) is -0.218. The highest BCUT2D eigenvalue weighted by Gasteiger charge is 2.27. The van der Waals surface area contributed by atoms with E-state index >= 15 is 0 Å². The molecule has 10 heteroatoms. The van der Waals surface area contributed by atoms with Gasteiger partial charge in [-0.1, -0.05) is 30.3 Å². The number of hydrogen-bond donors (Lipinski definition) is 2. The first kappa shape index (κ1) is 23.4. The van der Waals surface area contributed by atoms with Crippen molar-refractivity contribution in [1.29, 1.82) is 0 Å². The van der Waals surface area contributed by atoms with E-state index in [0.717, 1.165) is 22.7 Å². The molecule has 0 heterocycles. The fraction of sp³-hybridized carbons (Fsp3) is 0.381. The molecule has 3 rings (SSSR count). The molecule has 0 unspecified atom stereocenters. The van der Waals surface area contributed by atoms with Gasteiger partial charge in [0.05, 0.1) is 9.79 Å². The lowest BCUT2D eigenvalue weighted by molar-refractivity contribution is -0.121. The Bertz CT molecular complexity index is 1140. The monoisotopic (exact) mass is 465 g/mol. The third-order valence-electron chi connectivity index (χ3n) is 4.98. The molecule has 1 aliphatic rings. The summed E-state index contributed by atoms with van der Waals surface area (Å²) in [5.41, 5.74) is 1.36. The van der Waals surface area contributed by atoms with Gasteiger partial charge in [-0.2, -0.15) is 0 Å². The zero-order chi connectivity index (χ0) is 22.6. The SMILES string of the molecule is CN(C)S(=O)(=O)c1ccccc1CNC(=O)CCc1ccc(S(=O)(=O)NC2CC2)cc1. The minimum atomic E-state index is -3.60. The van der Waals surface area contributed by atoms with Gasteiger partial charge in [-0.25, -0.2) is 25.9 Å². The van der Waals surface area contributed by atoms with E-state index in [9.17, 15) is 21.6 Å². The van der Waals surface area contributed by atoms with E-state index < -0.39 is 20.0 Å². The van der Waals surface area contributed by atoms with Crippen molar-refractivity contribution < 1.29 is 21.6 Å². The van der Waals surface area contributed by atoms with E-state index in [1.54, 1.807) is 42.5 Å². The molecular weight excluding hydrogens is 438 g/mol. The van der Waals surface area contributed by atoms with Crippen molar-refractivity contribution in [3.05, 3.63) is 59.7 Å². The minimum Gasteiger partial charge on any atom is -0.352 e. The molecule has 0 saturated heterocycles. The van der Waals surface area contributed by atoms with Crippen molar-refractivity contribution in [3.63, 3.8) is 0 Å². The van der Waals surface area contributed by atoms with Gasteiger partial charge < -0.3 is 5.32 Å². The van der Waals surface area contributed by atoms with Crippen molar-refractivity contribution >= 4 is 26.0 Å². The van der Waals surface area contributed by atoms with Gasteiger partial charge in [-0.3, -0.25) is 4.79 Å². The van der Waals surface area contributed by atoms with Crippen molar-refractivity contribution in [2.75, 3.05) is 14.1 Å². The van der Waals surface area contributed by atoms with Gasteiger partial charge >= 0.3 is 0 Å². The fourth-order valence-corrected chi connectivity index (χ4v) is 5.38. The van der Waals surface area contributed by atoms with E-state index in [1.165, 1.54) is 20.2 Å². The van der Waals surface area contributed by atoms with Crippen molar-refractivity contribution in [2.45, 2.75) is 48.1 Å². The molecule has 1 saturated carbocycles. The molecule has 1 aliphatic carbocycles. The highest BCUT2D eigenvalue weighted by atomic mass is 32.2. The number of aryl methyl sites for hydroxylation is 1. The zero-order valence-electron chi connectivity index (χ0n) is 17.5. The smallest absolute Gasteiger partial charge is 0.242 e. The van der Waals surface area contributed by atoms with Crippen LogP contribution in [0.2, 0.25) is 0 Å². The van der Waals surface area contributed by atoms with Crippen LogP contribution >= 0.6 is 0 Å². The Morgan fingerprint density at radius 1 is 1.00 bits per heavy atom. The number of sulfonamides is 2. The number of rotatable bonds is 10. The maximum Gasteiger partial charge on any atom is 0.242 e. The van der Waals surface area contributed by atoms with Crippen LogP contribution in [-0.2, 0) is 37.8 Å². The molecule has 0 aliphatic heterocycles. The largest absolute Gasteiger partial charge is 0.352 e. The number of amides is 1. The number of benzene rings is 2. The van der Waals surface area contributed by atoms with Crippen LogP contribution in [-0.4, -0.2) is 47.2 Å². The molecule has 0 radical (unpaired) electrons. The second kappa shape index (κ2) is 9.47. The van der Waals surface area contributed by atoms with Gasteiger partial charge in [0.25, 0.3) is 0 Å². The van der Waals surface area contributed by atoms with Crippen molar-refractivity contribution in [1.82, 2.24) is 14.3 Å². The number of hydrogen-bond acceptors (Lipinski definition) is 5. The van der Waals surface area contributed by atoms with Crippen LogP contribution in [0, 0.1) is 0 Å². The lowest BCUT2D eigenvalue weighted by Crippen LogP contribution is -2.27. The number of carbonyl (C=O) groups excluding carboxylic acids is 1. The molecule has 0 aromatic heterocycles. The molecule has 8 nitrogen and oxygen atoms in total. The summed E-state index contributed by atoms with van der Waals surface area (Å²) in [7, 11) is -4.17. The number of nitrogens with zero attached hydrogens (tertiary/aromatic N) is 1. The molecule has 0 spiro atoms. The normalized spacial score (nSPS) is 14.5. The Labute approximate surface area is 183 Å². The zero-order valence-corrected chi connectivity index (χ0v) is 19.2. The van der Waals surface area contributed by atoms with Crippen molar-refractivity contribution in [3.8, 4) is 0 Å². The third-order valence-corrected chi connectivity index (χ3v) is 8.43. The summed E-state index contributed by atoms with van der Waals surface area (Å²) in [5, 5.41) is 2.76. The van der Waals surface area contributed by atoms with Crippen LogP contribution < -0.4 is 10.0 Å². The Balaban J connectivity index is 1.54. The molecule has 31 heavy (non-hydrogen) atoms. The average Bonchev–Trinajstić information content (AvgIpc) is 3.54. The Hall–Kier alpha value is -2.27. The van der Waals surface area contributed by atoms with E-state index in [1.807, 2.05) is 0 Å². The molecule has 1 amide bonds. The summed E-state index contributed by atoms with van der Waals surface area (Å²) >= 11 is 0. The van der Waals surface area contributed by atoms with Crippen LogP contribution in [0.4, 0.5) is 0 Å². The van der Waals surface area contributed by atoms with E-state index in [2.05, 4.69) is 10.0 Å². The molecular formula is C21H27N3O5S2. The highest BCUT2D eigenvalue weighted by Crippen LogP contribution is 2.22. The molecule has 2 aromatic carbocycles. The second-order valence-corrected chi connectivity index (χ2v) is 11.5. The van der Waals surface area contributed by atoms with Crippen LogP contribution in [0.15, 0.2) is 58.3 Å². The Morgan fingerprint density at radius 3 is 2.26 bits per heavy atom. The summed E-state index contributed by atoms with van der Waals surface area (Å²) in [6.45, 7) is 0.103. The predicted molar refractivity (Wildman–Crippen MR) is 117 cm³/mol. The first-order chi connectivity index (χ1) is 14.6. The quantitative estimate of drug-likeness (QED) is 0.554. The molecule has 0 atom stereocenters. The van der Waals surface area contributed by atoms with Gasteiger partial charge in [0.15, 0.2) is 0 Å². The van der Waals surface area contributed by atoms with Crippen LogP contribution in [0.3, 0.4) is 0 Å². The lowest BCUT2D eigenvalue weighted by atomic mass is 10.1. The first-order valence-electron chi connectivity index (χ1n) is 9.98. The van der Waals surface area contributed by atoms with Gasteiger partial charge in [0.2, 0.25) is 26.0 Å². The number of nitrogens with one attached hydrogen (secondary N) is 2. The molecule has 1 fully saturated rings. The van der Waals surface area contributed by atoms with Crippen LogP contribution in [0.5, 0.6) is 0 Å². The third kappa shape index (κ3) is 6.13. The van der Waals surface area contributed by atoms with E-state index in [0.29, 0.717) is 12.0 Å². The van der Waals surface area contributed by atoms with E-state index in [-0.39, 0.29) is 34.7 Å². The molecule has 2 N–H and O–H groups in total. The summed E-state index contributed by atoms with van der Waals surface area (Å²) in [6, 6.07) is 13.1. The van der Waals surface area contributed by atoms with Gasteiger partial charge in [0.1, 0.15) is 0 Å². The van der Waals surface area contributed by atoms with E-state index in [4.69, 9.17) is 0 Å². The summed E-state index contributed by atoms with van der Waals surface area (Å²) < 4.78 is 53.0. The van der Waals surface area contributed by atoms with Gasteiger partial charge in [0, 0.05) is 33.1 Å². The topological polar surface area (TPSA) is 113 Å². The summed E-state index contributed by atoms with van der Waals surface area (Å²) in [6.07, 6.45) is 2.39. The maximum atomic E-state index is 12.4. The first-order valence-corrected chi connectivity index (χ1v) is 12.9. The minimum absolute atomic E-state index is 0.0474. The Kier molecular flexibility index (Phi) is 7.15. The lowest BCUT2D eigenvalue weighted by Gasteiger charge is -2.15. The second-order valence-electron chi connectivity index (χ2n) is 7.71. The van der Waals surface area contributed by atoms with Crippen LogP contribution in [0.25, 0.3) is 0 Å². The van der Waals surface area contributed by atoms with Crippen molar-refractivity contribution in [2.24, 2.45) is 0 Å². The Morgan fingerprint density at radius 2 is 1.65 bits per heavy atom. The standard InChI is InChI=1S/C21H27N3O5S2/c1-24(2)31(28,29)20-6-4-3-5-17(20)15-22-21(25)14-9-16-7-12-19(13-8-16)30(26,27)23-18-10-11-18/h3-8,12-13,18,23H,9-11,14-15H2,1-2H3,(H,22,25). The molecule has 2 aromatic rings. The van der Waals surface area contributed by atoms with Gasteiger partial charge in [-0.05, 0) is 48.6 Å². The summed E-state index contributed by atoms with van der Waals surface area (Å²) in [4.78, 5) is 12.6. The maximum absolute atomic E-state index is 12.4. The predicted octanol–water partition coefficient (Wildman–Crippen LogP) is 1.63. The molecule has 168 valence electrons. The number of carbonyl (C=O) groups is 1. The average molecular weight is 466 g/mol. The van der Waals surface area contributed by atoms with Crippen LogP contribution in [0.1, 0.15) is 30.4 Å². The highest BCUT2D eigenvalue weighted by molar-refractivity contribution is 7.89. The van der Waals surface area contributed by atoms with Gasteiger partial charge in [-0.15, -0.1) is 0 Å². The fourth-order valence-electron chi connectivity index (χ4n) is 2.96. The molecule has 0 bridgehead atoms.